The molecule has 0 radical (unpaired) electrons. The molecule has 0 aliphatic carbocycles. The van der Waals surface area contributed by atoms with E-state index < -0.39 is 0 Å². The number of ether oxygens (including phenoxy) is 3. The third-order valence-corrected chi connectivity index (χ3v) is 2.91. The summed E-state index contributed by atoms with van der Waals surface area (Å²) in [6, 6.07) is 14.8. The minimum Gasteiger partial charge on any atom is -0.493 e. The lowest BCUT2D eigenvalue weighted by molar-refractivity contribution is 0.0525. The van der Waals surface area contributed by atoms with E-state index in [9.17, 15) is 4.79 Å². The zero-order valence-electron chi connectivity index (χ0n) is 12.2. The summed E-state index contributed by atoms with van der Waals surface area (Å²) in [4.78, 5) is 11.8. The Kier molecular flexibility index (Phi) is 5.21. The molecule has 0 spiro atoms. The zero-order valence-corrected chi connectivity index (χ0v) is 12.2. The van der Waals surface area contributed by atoms with E-state index in [1.807, 2.05) is 30.3 Å². The Labute approximate surface area is 124 Å². The molecule has 0 aliphatic heterocycles. The first-order valence-electron chi connectivity index (χ1n) is 6.76. The van der Waals surface area contributed by atoms with Crippen molar-refractivity contribution in [3.63, 3.8) is 0 Å². The van der Waals surface area contributed by atoms with Crippen molar-refractivity contribution < 1.29 is 19.0 Å². The summed E-state index contributed by atoms with van der Waals surface area (Å²) in [6.07, 6.45) is 0. The van der Waals surface area contributed by atoms with E-state index >= 15 is 0 Å². The Hall–Kier alpha value is -2.49. The van der Waals surface area contributed by atoms with Crippen molar-refractivity contribution >= 4 is 5.97 Å². The highest BCUT2D eigenvalue weighted by atomic mass is 16.5. The lowest BCUT2D eigenvalue weighted by atomic mass is 10.2. The molecule has 0 saturated heterocycles. The molecule has 0 atom stereocenters. The van der Waals surface area contributed by atoms with Crippen LogP contribution in [0.2, 0.25) is 0 Å². The Morgan fingerprint density at radius 3 is 2.48 bits per heavy atom. The van der Waals surface area contributed by atoms with Gasteiger partial charge in [-0.05, 0) is 30.7 Å². The fraction of sp³-hybridized carbons (Fsp3) is 0.235. The Balaban J connectivity index is 2.16. The van der Waals surface area contributed by atoms with Crippen molar-refractivity contribution in [1.29, 1.82) is 0 Å². The molecule has 0 aliphatic rings. The third kappa shape index (κ3) is 3.99. The second-order valence-corrected chi connectivity index (χ2v) is 4.36. The molecule has 0 amide bonds. The highest BCUT2D eigenvalue weighted by Crippen LogP contribution is 2.29. The predicted molar refractivity (Wildman–Crippen MR) is 79.7 cm³/mol. The summed E-state index contributed by atoms with van der Waals surface area (Å²) in [5.41, 5.74) is 1.49. The molecule has 4 nitrogen and oxygen atoms in total. The first-order valence-corrected chi connectivity index (χ1v) is 6.76. The van der Waals surface area contributed by atoms with Gasteiger partial charge in [0.05, 0.1) is 19.3 Å². The van der Waals surface area contributed by atoms with Crippen LogP contribution in [0.5, 0.6) is 11.5 Å². The van der Waals surface area contributed by atoms with Gasteiger partial charge in [0.1, 0.15) is 6.61 Å². The maximum Gasteiger partial charge on any atom is 0.338 e. The molecule has 0 unspecified atom stereocenters. The van der Waals surface area contributed by atoms with Crippen LogP contribution in [-0.2, 0) is 11.3 Å². The molecule has 2 aromatic rings. The number of hydrogen-bond acceptors (Lipinski definition) is 4. The van der Waals surface area contributed by atoms with Gasteiger partial charge in [-0.25, -0.2) is 4.79 Å². The largest absolute Gasteiger partial charge is 0.493 e. The number of esters is 1. The SMILES string of the molecule is CCOC(=O)c1ccc(OC)c(OCc2ccccc2)c1. The van der Waals surface area contributed by atoms with Crippen LogP contribution in [0, 0.1) is 0 Å². The van der Waals surface area contributed by atoms with E-state index in [2.05, 4.69) is 0 Å². The van der Waals surface area contributed by atoms with E-state index in [4.69, 9.17) is 14.2 Å². The molecule has 4 heteroatoms. The number of methoxy groups -OCH3 is 1. The Bertz CT molecular complexity index is 593. The monoisotopic (exact) mass is 286 g/mol. The first kappa shape index (κ1) is 14.9. The van der Waals surface area contributed by atoms with Crippen molar-refractivity contribution in [3.8, 4) is 11.5 Å². The van der Waals surface area contributed by atoms with Crippen molar-refractivity contribution in [3.05, 3.63) is 59.7 Å². The molecule has 0 fully saturated rings. The number of carbonyl (C=O) groups excluding carboxylic acids is 1. The lowest BCUT2D eigenvalue weighted by Gasteiger charge is -2.12. The van der Waals surface area contributed by atoms with Crippen molar-refractivity contribution in [2.75, 3.05) is 13.7 Å². The van der Waals surface area contributed by atoms with Gasteiger partial charge in [-0.1, -0.05) is 30.3 Å². The highest BCUT2D eigenvalue weighted by molar-refractivity contribution is 5.90. The number of rotatable bonds is 6. The summed E-state index contributed by atoms with van der Waals surface area (Å²) in [6.45, 7) is 2.52. The van der Waals surface area contributed by atoms with Gasteiger partial charge < -0.3 is 14.2 Å². The molecule has 110 valence electrons. The van der Waals surface area contributed by atoms with Crippen LogP contribution < -0.4 is 9.47 Å². The van der Waals surface area contributed by atoms with E-state index in [1.165, 1.54) is 0 Å². The van der Waals surface area contributed by atoms with Gasteiger partial charge in [-0.3, -0.25) is 0 Å². The average Bonchev–Trinajstić information content (AvgIpc) is 2.54. The topological polar surface area (TPSA) is 44.8 Å². The molecular formula is C17H18O4. The fourth-order valence-electron chi connectivity index (χ4n) is 1.87. The highest BCUT2D eigenvalue weighted by Gasteiger charge is 2.12. The minimum atomic E-state index is -0.371. The van der Waals surface area contributed by atoms with Crippen molar-refractivity contribution in [2.24, 2.45) is 0 Å². The maximum atomic E-state index is 11.8. The third-order valence-electron chi connectivity index (χ3n) is 2.91. The molecule has 2 aromatic carbocycles. The Morgan fingerprint density at radius 2 is 1.81 bits per heavy atom. The molecule has 0 heterocycles. The molecule has 0 N–H and O–H groups in total. The van der Waals surface area contributed by atoms with Gasteiger partial charge in [0.25, 0.3) is 0 Å². The van der Waals surface area contributed by atoms with Gasteiger partial charge >= 0.3 is 5.97 Å². The second kappa shape index (κ2) is 7.33. The molecular weight excluding hydrogens is 268 g/mol. The fourth-order valence-corrected chi connectivity index (χ4v) is 1.87. The van der Waals surface area contributed by atoms with Crippen LogP contribution in [0.15, 0.2) is 48.5 Å². The van der Waals surface area contributed by atoms with Gasteiger partial charge in [0.2, 0.25) is 0 Å². The van der Waals surface area contributed by atoms with Crippen molar-refractivity contribution in [1.82, 2.24) is 0 Å². The summed E-state index contributed by atoms with van der Waals surface area (Å²) < 4.78 is 16.0. The average molecular weight is 286 g/mol. The molecule has 2 rings (SSSR count). The van der Waals surface area contributed by atoms with E-state index in [-0.39, 0.29) is 5.97 Å². The van der Waals surface area contributed by atoms with Crippen LogP contribution in [0.4, 0.5) is 0 Å². The summed E-state index contributed by atoms with van der Waals surface area (Å²) >= 11 is 0. The molecule has 0 aromatic heterocycles. The van der Waals surface area contributed by atoms with E-state index in [0.29, 0.717) is 30.3 Å². The summed E-state index contributed by atoms with van der Waals surface area (Å²) in [5, 5.41) is 0. The van der Waals surface area contributed by atoms with Crippen LogP contribution in [0.25, 0.3) is 0 Å². The van der Waals surface area contributed by atoms with Gasteiger partial charge in [0.15, 0.2) is 11.5 Å². The number of benzene rings is 2. The standard InChI is InChI=1S/C17H18O4/c1-3-20-17(18)14-9-10-15(19-2)16(11-14)21-12-13-7-5-4-6-8-13/h4-11H,3,12H2,1-2H3. The van der Waals surface area contributed by atoms with E-state index in [1.54, 1.807) is 32.2 Å². The molecule has 0 bridgehead atoms. The second-order valence-electron chi connectivity index (χ2n) is 4.36. The quantitative estimate of drug-likeness (QED) is 0.763. The van der Waals surface area contributed by atoms with Crippen LogP contribution >= 0.6 is 0 Å². The van der Waals surface area contributed by atoms with Gasteiger partial charge in [0, 0.05) is 0 Å². The number of hydrogen-bond donors (Lipinski definition) is 0. The minimum absolute atomic E-state index is 0.338. The Morgan fingerprint density at radius 1 is 1.05 bits per heavy atom. The molecule has 0 saturated carbocycles. The predicted octanol–water partition coefficient (Wildman–Crippen LogP) is 3.45. The number of carbonyl (C=O) groups is 1. The zero-order chi connectivity index (χ0) is 15.1. The summed E-state index contributed by atoms with van der Waals surface area (Å²) in [5.74, 6) is 0.732. The van der Waals surface area contributed by atoms with Crippen molar-refractivity contribution in [2.45, 2.75) is 13.5 Å². The van der Waals surface area contributed by atoms with Crippen LogP contribution in [0.1, 0.15) is 22.8 Å². The van der Waals surface area contributed by atoms with Gasteiger partial charge in [-0.15, -0.1) is 0 Å². The van der Waals surface area contributed by atoms with E-state index in [0.717, 1.165) is 5.56 Å². The summed E-state index contributed by atoms with van der Waals surface area (Å²) in [7, 11) is 1.56. The lowest BCUT2D eigenvalue weighted by Crippen LogP contribution is -2.06. The molecule has 21 heavy (non-hydrogen) atoms. The normalized spacial score (nSPS) is 10.0. The van der Waals surface area contributed by atoms with Crippen LogP contribution in [-0.4, -0.2) is 19.7 Å². The van der Waals surface area contributed by atoms with Gasteiger partial charge in [-0.2, -0.15) is 0 Å². The smallest absolute Gasteiger partial charge is 0.338 e. The van der Waals surface area contributed by atoms with Crippen LogP contribution in [0.3, 0.4) is 0 Å². The first-order chi connectivity index (χ1) is 10.2. The maximum absolute atomic E-state index is 11.8.